The third-order valence-corrected chi connectivity index (χ3v) is 3.80. The van der Waals surface area contributed by atoms with Gasteiger partial charge in [-0.3, -0.25) is 4.72 Å². The highest BCUT2D eigenvalue weighted by Gasteiger charge is 2.21. The van der Waals surface area contributed by atoms with Crippen LogP contribution < -0.4 is 15.2 Å². The second-order valence-electron chi connectivity index (χ2n) is 4.07. The first kappa shape index (κ1) is 14.2. The van der Waals surface area contributed by atoms with Crippen LogP contribution in [-0.4, -0.2) is 20.2 Å². The molecule has 2 rings (SSSR count). The fourth-order valence-electron chi connectivity index (χ4n) is 1.62. The number of nitrogen functional groups attached to an aromatic ring is 1. The average Bonchev–Trinajstić information content (AvgIpc) is 2.76. The van der Waals surface area contributed by atoms with Crippen molar-refractivity contribution in [3.8, 4) is 5.75 Å². The zero-order valence-corrected chi connectivity index (χ0v) is 11.9. The molecule has 0 amide bonds. The first-order valence-electron chi connectivity index (χ1n) is 5.91. The van der Waals surface area contributed by atoms with E-state index >= 15 is 0 Å². The predicted molar refractivity (Wildman–Crippen MR) is 74.1 cm³/mol. The van der Waals surface area contributed by atoms with Gasteiger partial charge in [-0.1, -0.05) is 5.16 Å². The highest BCUT2D eigenvalue weighted by molar-refractivity contribution is 7.92. The normalized spacial score (nSPS) is 11.3. The van der Waals surface area contributed by atoms with Crippen LogP contribution in [0.3, 0.4) is 0 Å². The topological polar surface area (TPSA) is 107 Å². The zero-order valence-electron chi connectivity index (χ0n) is 11.1. The summed E-state index contributed by atoms with van der Waals surface area (Å²) in [7, 11) is -3.85. The standard InChI is InChI=1S/C12H15N3O4S/c1-3-18-10-5-4-9(13)7-11(10)20(16,17)15-12-6-8(2)19-14-12/h4-7H,3,13H2,1-2H3,(H,14,15). The van der Waals surface area contributed by atoms with E-state index in [0.717, 1.165) is 0 Å². The average molecular weight is 297 g/mol. The number of nitrogens with zero attached hydrogens (tertiary/aromatic N) is 1. The quantitative estimate of drug-likeness (QED) is 0.814. The van der Waals surface area contributed by atoms with Gasteiger partial charge in [0, 0.05) is 11.8 Å². The van der Waals surface area contributed by atoms with Crippen molar-refractivity contribution in [2.75, 3.05) is 17.1 Å². The molecular formula is C12H15N3O4S. The van der Waals surface area contributed by atoms with E-state index in [4.69, 9.17) is 15.0 Å². The first-order chi connectivity index (χ1) is 9.42. The van der Waals surface area contributed by atoms with Crippen LogP contribution in [0.25, 0.3) is 0 Å². The van der Waals surface area contributed by atoms with Crippen molar-refractivity contribution in [1.29, 1.82) is 0 Å². The number of hydrogen-bond donors (Lipinski definition) is 2. The second kappa shape index (κ2) is 5.41. The SMILES string of the molecule is CCOc1ccc(N)cc1S(=O)(=O)Nc1cc(C)on1. The maximum absolute atomic E-state index is 12.3. The van der Waals surface area contributed by atoms with E-state index in [9.17, 15) is 8.42 Å². The Balaban J connectivity index is 2.40. The summed E-state index contributed by atoms with van der Waals surface area (Å²) in [6.45, 7) is 3.77. The van der Waals surface area contributed by atoms with Crippen molar-refractivity contribution < 1.29 is 17.7 Å². The summed E-state index contributed by atoms with van der Waals surface area (Å²) in [6, 6.07) is 5.90. The zero-order chi connectivity index (χ0) is 14.8. The summed E-state index contributed by atoms with van der Waals surface area (Å²) in [6.07, 6.45) is 0. The van der Waals surface area contributed by atoms with Crippen LogP contribution in [0.15, 0.2) is 33.7 Å². The lowest BCUT2D eigenvalue weighted by atomic mass is 10.3. The molecule has 1 aromatic heterocycles. The largest absolute Gasteiger partial charge is 0.492 e. The molecule has 0 unspecified atom stereocenters. The molecule has 3 N–H and O–H groups in total. The Hall–Kier alpha value is -2.22. The molecule has 2 aromatic rings. The van der Waals surface area contributed by atoms with Crippen LogP contribution in [0.1, 0.15) is 12.7 Å². The molecule has 0 atom stereocenters. The summed E-state index contributed by atoms with van der Waals surface area (Å²) in [5.74, 6) is 0.835. The molecule has 0 bridgehead atoms. The Morgan fingerprint density at radius 3 is 2.75 bits per heavy atom. The van der Waals surface area contributed by atoms with E-state index < -0.39 is 10.0 Å². The van der Waals surface area contributed by atoms with Gasteiger partial charge in [0.1, 0.15) is 16.4 Å². The van der Waals surface area contributed by atoms with E-state index in [2.05, 4.69) is 9.88 Å². The number of ether oxygens (including phenoxy) is 1. The van der Waals surface area contributed by atoms with Gasteiger partial charge in [-0.15, -0.1) is 0 Å². The molecule has 1 aromatic carbocycles. The Morgan fingerprint density at radius 1 is 1.40 bits per heavy atom. The smallest absolute Gasteiger partial charge is 0.266 e. The summed E-state index contributed by atoms with van der Waals surface area (Å²) >= 11 is 0. The van der Waals surface area contributed by atoms with Crippen molar-refractivity contribution >= 4 is 21.5 Å². The lowest BCUT2D eigenvalue weighted by Gasteiger charge is -2.11. The van der Waals surface area contributed by atoms with Crippen LogP contribution >= 0.6 is 0 Å². The lowest BCUT2D eigenvalue weighted by molar-refractivity contribution is 0.331. The van der Waals surface area contributed by atoms with Crippen LogP contribution in [0.4, 0.5) is 11.5 Å². The summed E-state index contributed by atoms with van der Waals surface area (Å²) < 4.78 is 37.1. The van der Waals surface area contributed by atoms with Gasteiger partial charge in [-0.2, -0.15) is 0 Å². The van der Waals surface area contributed by atoms with E-state index in [-0.39, 0.29) is 16.5 Å². The van der Waals surface area contributed by atoms with Crippen LogP contribution in [-0.2, 0) is 10.0 Å². The predicted octanol–water partition coefficient (Wildman–Crippen LogP) is 1.76. The van der Waals surface area contributed by atoms with Crippen LogP contribution in [0.5, 0.6) is 5.75 Å². The fraction of sp³-hybridized carbons (Fsp3) is 0.250. The number of benzene rings is 1. The van der Waals surface area contributed by atoms with Crippen LogP contribution in [0, 0.1) is 6.92 Å². The number of anilines is 2. The monoisotopic (exact) mass is 297 g/mol. The summed E-state index contributed by atoms with van der Waals surface area (Å²) in [5.41, 5.74) is 5.96. The van der Waals surface area contributed by atoms with E-state index in [0.29, 0.717) is 18.1 Å². The molecule has 0 aliphatic rings. The van der Waals surface area contributed by atoms with Crippen LogP contribution in [0.2, 0.25) is 0 Å². The lowest BCUT2D eigenvalue weighted by Crippen LogP contribution is -2.15. The summed E-state index contributed by atoms with van der Waals surface area (Å²) in [5, 5.41) is 3.59. The molecule has 20 heavy (non-hydrogen) atoms. The molecule has 0 aliphatic heterocycles. The maximum atomic E-state index is 12.3. The summed E-state index contributed by atoms with van der Waals surface area (Å²) in [4.78, 5) is -0.0417. The number of aryl methyl sites for hydroxylation is 1. The third-order valence-electron chi connectivity index (χ3n) is 2.42. The van der Waals surface area contributed by atoms with Gasteiger partial charge in [0.25, 0.3) is 10.0 Å². The second-order valence-corrected chi connectivity index (χ2v) is 5.72. The van der Waals surface area contributed by atoms with Gasteiger partial charge in [-0.25, -0.2) is 8.42 Å². The number of rotatable bonds is 5. The van der Waals surface area contributed by atoms with Gasteiger partial charge < -0.3 is 15.0 Å². The van der Waals surface area contributed by atoms with E-state index in [1.165, 1.54) is 18.2 Å². The van der Waals surface area contributed by atoms with Crippen molar-refractivity contribution in [3.63, 3.8) is 0 Å². The molecule has 7 nitrogen and oxygen atoms in total. The minimum Gasteiger partial charge on any atom is -0.492 e. The maximum Gasteiger partial charge on any atom is 0.266 e. The minimum absolute atomic E-state index is 0.0417. The Kier molecular flexibility index (Phi) is 3.84. The van der Waals surface area contributed by atoms with E-state index in [1.807, 2.05) is 0 Å². The number of sulfonamides is 1. The number of nitrogens with one attached hydrogen (secondary N) is 1. The highest BCUT2D eigenvalue weighted by Crippen LogP contribution is 2.28. The molecule has 0 fully saturated rings. The Labute approximate surface area is 116 Å². The molecule has 0 saturated carbocycles. The van der Waals surface area contributed by atoms with Crippen molar-refractivity contribution in [2.24, 2.45) is 0 Å². The Bertz CT molecular complexity index is 709. The van der Waals surface area contributed by atoms with Gasteiger partial charge in [0.2, 0.25) is 0 Å². The van der Waals surface area contributed by atoms with Gasteiger partial charge in [0.15, 0.2) is 5.82 Å². The Morgan fingerprint density at radius 2 is 2.15 bits per heavy atom. The molecular weight excluding hydrogens is 282 g/mol. The van der Waals surface area contributed by atoms with Crippen molar-refractivity contribution in [2.45, 2.75) is 18.7 Å². The minimum atomic E-state index is -3.85. The number of aromatic nitrogens is 1. The van der Waals surface area contributed by atoms with Crippen molar-refractivity contribution in [1.82, 2.24) is 5.16 Å². The highest BCUT2D eigenvalue weighted by atomic mass is 32.2. The fourth-order valence-corrected chi connectivity index (χ4v) is 2.78. The molecule has 1 heterocycles. The third kappa shape index (κ3) is 3.02. The number of nitrogens with two attached hydrogens (primary N) is 1. The molecule has 0 radical (unpaired) electrons. The molecule has 8 heteroatoms. The van der Waals surface area contributed by atoms with Gasteiger partial charge in [-0.05, 0) is 32.0 Å². The molecule has 0 saturated heterocycles. The molecule has 0 spiro atoms. The van der Waals surface area contributed by atoms with Crippen molar-refractivity contribution in [3.05, 3.63) is 30.0 Å². The van der Waals surface area contributed by atoms with Gasteiger partial charge >= 0.3 is 0 Å². The molecule has 0 aliphatic carbocycles. The number of hydrogen-bond acceptors (Lipinski definition) is 6. The van der Waals surface area contributed by atoms with Gasteiger partial charge in [0.05, 0.1) is 6.61 Å². The molecule has 108 valence electrons. The van der Waals surface area contributed by atoms with E-state index in [1.54, 1.807) is 19.9 Å². The first-order valence-corrected chi connectivity index (χ1v) is 7.39.